The summed E-state index contributed by atoms with van der Waals surface area (Å²) in [4.78, 5) is 11.7. The van der Waals surface area contributed by atoms with E-state index in [1.165, 1.54) is 12.8 Å². The van der Waals surface area contributed by atoms with E-state index in [9.17, 15) is 9.90 Å². The Morgan fingerprint density at radius 2 is 1.72 bits per heavy atom. The van der Waals surface area contributed by atoms with E-state index in [-0.39, 0.29) is 12.0 Å². The highest BCUT2D eigenvalue weighted by Crippen LogP contribution is 2.23. The van der Waals surface area contributed by atoms with Crippen LogP contribution in [0, 0.1) is 5.92 Å². The second-order valence-electron chi connectivity index (χ2n) is 5.85. The van der Waals surface area contributed by atoms with Crippen LogP contribution in [0.3, 0.4) is 0 Å². The molecule has 2 aliphatic rings. The monoisotopic (exact) mass is 254 g/mol. The highest BCUT2D eigenvalue weighted by molar-refractivity contribution is 5.78. The molecule has 0 atom stereocenters. The van der Waals surface area contributed by atoms with Gasteiger partial charge in [-0.25, -0.2) is 0 Å². The number of hydrogen-bond donors (Lipinski definition) is 3. The summed E-state index contributed by atoms with van der Waals surface area (Å²) in [6, 6.07) is 0.420. The molecule has 0 aromatic heterocycles. The second kappa shape index (κ2) is 7.10. The molecule has 0 saturated heterocycles. The van der Waals surface area contributed by atoms with Crippen molar-refractivity contribution in [2.24, 2.45) is 5.92 Å². The standard InChI is InChI=1S/C14H26N2O2/c17-13-7-5-11(6-8-13)9-15-10-14(18)16-12-3-1-2-4-12/h11-13,15,17H,1-10H2,(H,16,18). The number of hydrogen-bond acceptors (Lipinski definition) is 3. The van der Waals surface area contributed by atoms with Crippen LogP contribution in [0.4, 0.5) is 0 Å². The van der Waals surface area contributed by atoms with Crippen molar-refractivity contribution in [2.75, 3.05) is 13.1 Å². The van der Waals surface area contributed by atoms with E-state index in [1.54, 1.807) is 0 Å². The molecule has 18 heavy (non-hydrogen) atoms. The molecule has 2 saturated carbocycles. The maximum Gasteiger partial charge on any atom is 0.234 e. The first kappa shape index (κ1) is 13.8. The fourth-order valence-electron chi connectivity index (χ4n) is 3.09. The van der Waals surface area contributed by atoms with Gasteiger partial charge < -0.3 is 15.7 Å². The lowest BCUT2D eigenvalue weighted by atomic mass is 9.87. The molecule has 4 heteroatoms. The summed E-state index contributed by atoms with van der Waals surface area (Å²) in [5.74, 6) is 0.769. The van der Waals surface area contributed by atoms with Crippen LogP contribution in [0.25, 0.3) is 0 Å². The van der Waals surface area contributed by atoms with Crippen LogP contribution in [-0.4, -0.2) is 36.2 Å². The van der Waals surface area contributed by atoms with Crippen LogP contribution in [0.5, 0.6) is 0 Å². The van der Waals surface area contributed by atoms with Crippen molar-refractivity contribution in [3.63, 3.8) is 0 Å². The molecule has 0 radical (unpaired) electrons. The first-order valence-electron chi connectivity index (χ1n) is 7.42. The number of carbonyl (C=O) groups is 1. The van der Waals surface area contributed by atoms with Gasteiger partial charge in [-0.15, -0.1) is 0 Å². The topological polar surface area (TPSA) is 61.4 Å². The van der Waals surface area contributed by atoms with E-state index in [2.05, 4.69) is 10.6 Å². The third-order valence-corrected chi connectivity index (χ3v) is 4.26. The van der Waals surface area contributed by atoms with Crippen LogP contribution in [0.2, 0.25) is 0 Å². The number of amides is 1. The van der Waals surface area contributed by atoms with Crippen LogP contribution < -0.4 is 10.6 Å². The average Bonchev–Trinajstić information content (AvgIpc) is 2.84. The summed E-state index contributed by atoms with van der Waals surface area (Å²) in [5, 5.41) is 15.7. The first-order valence-corrected chi connectivity index (χ1v) is 7.42. The van der Waals surface area contributed by atoms with Gasteiger partial charge in [0.2, 0.25) is 5.91 Å². The van der Waals surface area contributed by atoms with Gasteiger partial charge in [0.25, 0.3) is 0 Å². The Bertz CT molecular complexity index is 257. The van der Waals surface area contributed by atoms with Gasteiger partial charge in [0.05, 0.1) is 12.6 Å². The minimum absolute atomic E-state index is 0.0908. The molecule has 0 heterocycles. The van der Waals surface area contributed by atoms with Crippen molar-refractivity contribution in [1.29, 1.82) is 0 Å². The molecular formula is C14H26N2O2. The molecule has 0 spiro atoms. The fourth-order valence-corrected chi connectivity index (χ4v) is 3.09. The zero-order chi connectivity index (χ0) is 12.8. The Morgan fingerprint density at radius 3 is 2.39 bits per heavy atom. The largest absolute Gasteiger partial charge is 0.393 e. The molecule has 2 aliphatic carbocycles. The lowest BCUT2D eigenvalue weighted by Gasteiger charge is -2.25. The molecule has 0 aliphatic heterocycles. The molecule has 4 nitrogen and oxygen atoms in total. The molecule has 1 amide bonds. The van der Waals surface area contributed by atoms with Gasteiger partial charge in [0, 0.05) is 6.04 Å². The van der Waals surface area contributed by atoms with Crippen LogP contribution in [0.15, 0.2) is 0 Å². The van der Waals surface area contributed by atoms with Crippen LogP contribution in [0.1, 0.15) is 51.4 Å². The minimum Gasteiger partial charge on any atom is -0.393 e. The van der Waals surface area contributed by atoms with Crippen molar-refractivity contribution in [1.82, 2.24) is 10.6 Å². The van der Waals surface area contributed by atoms with E-state index in [0.29, 0.717) is 18.5 Å². The third-order valence-electron chi connectivity index (χ3n) is 4.26. The van der Waals surface area contributed by atoms with Gasteiger partial charge in [0.1, 0.15) is 0 Å². The lowest BCUT2D eigenvalue weighted by molar-refractivity contribution is -0.120. The van der Waals surface area contributed by atoms with E-state index in [1.807, 2.05) is 0 Å². The summed E-state index contributed by atoms with van der Waals surface area (Å²) in [6.45, 7) is 1.35. The molecule has 3 N–H and O–H groups in total. The predicted octanol–water partition coefficient (Wildman–Crippen LogP) is 1.19. The van der Waals surface area contributed by atoms with Crippen molar-refractivity contribution >= 4 is 5.91 Å². The predicted molar refractivity (Wildman–Crippen MR) is 71.2 cm³/mol. The lowest BCUT2D eigenvalue weighted by Crippen LogP contribution is -2.40. The molecule has 2 fully saturated rings. The normalized spacial score (nSPS) is 29.4. The summed E-state index contributed by atoms with van der Waals surface area (Å²) in [7, 11) is 0. The van der Waals surface area contributed by atoms with Gasteiger partial charge in [0.15, 0.2) is 0 Å². The maximum absolute atomic E-state index is 11.7. The van der Waals surface area contributed by atoms with Crippen LogP contribution >= 0.6 is 0 Å². The van der Waals surface area contributed by atoms with Crippen LogP contribution in [-0.2, 0) is 4.79 Å². The number of aliphatic hydroxyl groups excluding tert-OH is 1. The summed E-state index contributed by atoms with van der Waals surface area (Å²) in [5.41, 5.74) is 0. The van der Waals surface area contributed by atoms with Gasteiger partial charge >= 0.3 is 0 Å². The van der Waals surface area contributed by atoms with Crippen molar-refractivity contribution in [3.05, 3.63) is 0 Å². The number of aliphatic hydroxyl groups is 1. The van der Waals surface area contributed by atoms with E-state index >= 15 is 0 Å². The van der Waals surface area contributed by atoms with Gasteiger partial charge in [-0.05, 0) is 51.0 Å². The smallest absolute Gasteiger partial charge is 0.234 e. The van der Waals surface area contributed by atoms with E-state index in [0.717, 1.165) is 45.1 Å². The second-order valence-corrected chi connectivity index (χ2v) is 5.85. The highest BCUT2D eigenvalue weighted by atomic mass is 16.3. The van der Waals surface area contributed by atoms with E-state index < -0.39 is 0 Å². The summed E-state index contributed by atoms with van der Waals surface area (Å²) in [6.07, 6.45) is 8.70. The Balaban J connectivity index is 1.53. The number of carbonyl (C=O) groups excluding carboxylic acids is 1. The van der Waals surface area contributed by atoms with Crippen molar-refractivity contribution in [2.45, 2.75) is 63.5 Å². The van der Waals surface area contributed by atoms with Gasteiger partial charge in [-0.1, -0.05) is 12.8 Å². The molecule has 2 rings (SSSR count). The Labute approximate surface area is 110 Å². The minimum atomic E-state index is -0.0908. The average molecular weight is 254 g/mol. The highest BCUT2D eigenvalue weighted by Gasteiger charge is 2.20. The molecule has 0 unspecified atom stereocenters. The zero-order valence-electron chi connectivity index (χ0n) is 11.2. The van der Waals surface area contributed by atoms with E-state index in [4.69, 9.17) is 0 Å². The molecule has 0 aromatic carbocycles. The number of nitrogens with one attached hydrogen (secondary N) is 2. The van der Waals surface area contributed by atoms with Crippen molar-refractivity contribution < 1.29 is 9.90 Å². The summed E-state index contributed by atoms with van der Waals surface area (Å²) >= 11 is 0. The quantitative estimate of drug-likeness (QED) is 0.690. The van der Waals surface area contributed by atoms with Gasteiger partial charge in [-0.2, -0.15) is 0 Å². The van der Waals surface area contributed by atoms with Gasteiger partial charge in [-0.3, -0.25) is 4.79 Å². The Hall–Kier alpha value is -0.610. The fraction of sp³-hybridized carbons (Fsp3) is 0.929. The van der Waals surface area contributed by atoms with Crippen molar-refractivity contribution in [3.8, 4) is 0 Å². The third kappa shape index (κ3) is 4.58. The zero-order valence-corrected chi connectivity index (χ0v) is 11.2. The summed E-state index contributed by atoms with van der Waals surface area (Å²) < 4.78 is 0. The Kier molecular flexibility index (Phi) is 5.45. The maximum atomic E-state index is 11.7. The molecule has 0 bridgehead atoms. The first-order chi connectivity index (χ1) is 8.74. The SMILES string of the molecule is O=C(CNCC1CCC(O)CC1)NC1CCCC1. The molecular weight excluding hydrogens is 228 g/mol. The molecule has 104 valence electrons. The molecule has 0 aromatic rings. The Morgan fingerprint density at radius 1 is 1.06 bits per heavy atom. The number of rotatable bonds is 5.